The molecule has 0 radical (unpaired) electrons. The molecule has 1 aromatic carbocycles. The predicted octanol–water partition coefficient (Wildman–Crippen LogP) is 1.07. The number of carbonyl (C=O) groups excluding carboxylic acids is 1. The van der Waals surface area contributed by atoms with Crippen LogP contribution >= 0.6 is 0 Å². The topological polar surface area (TPSA) is 64.3 Å². The molecule has 0 aliphatic carbocycles. The fourth-order valence-corrected chi connectivity index (χ4v) is 1.07. The van der Waals surface area contributed by atoms with Crippen LogP contribution in [0.2, 0.25) is 0 Å². The second-order valence-electron chi connectivity index (χ2n) is 2.67. The Kier molecular flexibility index (Phi) is 2.87. The number of esters is 1. The largest absolute Gasteiger partial charge is 0.465 e. The van der Waals surface area contributed by atoms with Gasteiger partial charge < -0.3 is 10.2 Å². The van der Waals surface area contributed by atoms with Gasteiger partial charge in [0.2, 0.25) is 0 Å². The van der Waals surface area contributed by atoms with E-state index in [4.69, 9.17) is 5.84 Å². The molecule has 0 saturated carbocycles. The zero-order valence-corrected chi connectivity index (χ0v) is 7.63. The Labute approximate surface area is 76.7 Å². The van der Waals surface area contributed by atoms with Crippen LogP contribution in [-0.2, 0) is 4.74 Å². The normalized spacial score (nSPS) is 9.46. The molecule has 1 aromatic rings. The van der Waals surface area contributed by atoms with E-state index >= 15 is 0 Å². The van der Waals surface area contributed by atoms with Crippen molar-refractivity contribution in [2.45, 2.75) is 6.92 Å². The average Bonchev–Trinajstić information content (AvgIpc) is 2.16. The summed E-state index contributed by atoms with van der Waals surface area (Å²) in [4.78, 5) is 11.1. The highest BCUT2D eigenvalue weighted by atomic mass is 16.5. The lowest BCUT2D eigenvalue weighted by Gasteiger charge is -2.05. The molecule has 4 heteroatoms. The van der Waals surface area contributed by atoms with Gasteiger partial charge in [-0.3, -0.25) is 5.84 Å². The average molecular weight is 180 g/mol. The van der Waals surface area contributed by atoms with E-state index in [1.54, 1.807) is 18.2 Å². The first-order valence-corrected chi connectivity index (χ1v) is 3.84. The summed E-state index contributed by atoms with van der Waals surface area (Å²) in [6.07, 6.45) is 0. The van der Waals surface area contributed by atoms with E-state index in [2.05, 4.69) is 10.2 Å². The van der Waals surface area contributed by atoms with E-state index in [0.717, 1.165) is 11.3 Å². The summed E-state index contributed by atoms with van der Waals surface area (Å²) in [5.41, 5.74) is 4.76. The highest BCUT2D eigenvalue weighted by Gasteiger charge is 2.06. The van der Waals surface area contributed by atoms with Crippen LogP contribution in [0.5, 0.6) is 0 Å². The van der Waals surface area contributed by atoms with Gasteiger partial charge in [-0.15, -0.1) is 0 Å². The maximum Gasteiger partial charge on any atom is 0.337 e. The molecule has 3 N–H and O–H groups in total. The Morgan fingerprint density at radius 1 is 1.54 bits per heavy atom. The molecule has 0 aliphatic heterocycles. The second kappa shape index (κ2) is 3.91. The van der Waals surface area contributed by atoms with Gasteiger partial charge in [0.05, 0.1) is 18.4 Å². The van der Waals surface area contributed by atoms with Crippen molar-refractivity contribution in [1.82, 2.24) is 0 Å². The number of carbonyl (C=O) groups is 1. The number of nitrogen functional groups attached to an aromatic ring is 1. The van der Waals surface area contributed by atoms with E-state index in [-0.39, 0.29) is 5.97 Å². The number of nitrogens with one attached hydrogen (secondary N) is 1. The third-order valence-electron chi connectivity index (χ3n) is 1.80. The van der Waals surface area contributed by atoms with Crippen LogP contribution in [-0.4, -0.2) is 13.1 Å². The van der Waals surface area contributed by atoms with Gasteiger partial charge in [0, 0.05) is 0 Å². The van der Waals surface area contributed by atoms with Crippen LogP contribution in [0, 0.1) is 6.92 Å². The lowest BCUT2D eigenvalue weighted by Crippen LogP contribution is -2.09. The molecule has 4 nitrogen and oxygen atoms in total. The van der Waals surface area contributed by atoms with Crippen LogP contribution in [0.3, 0.4) is 0 Å². The second-order valence-corrected chi connectivity index (χ2v) is 2.67. The Morgan fingerprint density at radius 2 is 2.23 bits per heavy atom. The molecule has 70 valence electrons. The lowest BCUT2D eigenvalue weighted by atomic mass is 10.1. The quantitative estimate of drug-likeness (QED) is 0.406. The van der Waals surface area contributed by atoms with Gasteiger partial charge in [0.1, 0.15) is 0 Å². The van der Waals surface area contributed by atoms with E-state index in [1.165, 1.54) is 7.11 Å². The molecule has 0 aromatic heterocycles. The van der Waals surface area contributed by atoms with Crippen molar-refractivity contribution in [2.75, 3.05) is 12.5 Å². The summed E-state index contributed by atoms with van der Waals surface area (Å²) < 4.78 is 4.57. The van der Waals surface area contributed by atoms with Crippen LogP contribution < -0.4 is 11.3 Å². The van der Waals surface area contributed by atoms with E-state index < -0.39 is 0 Å². The predicted molar refractivity (Wildman–Crippen MR) is 50.3 cm³/mol. The van der Waals surface area contributed by atoms with Gasteiger partial charge in [0.25, 0.3) is 0 Å². The number of hydrazine groups is 1. The molecule has 0 unspecified atom stereocenters. The minimum absolute atomic E-state index is 0.341. The van der Waals surface area contributed by atoms with E-state index in [9.17, 15) is 4.79 Å². The van der Waals surface area contributed by atoms with Crippen molar-refractivity contribution in [3.63, 3.8) is 0 Å². The molecule has 13 heavy (non-hydrogen) atoms. The smallest absolute Gasteiger partial charge is 0.337 e. The fraction of sp³-hybridized carbons (Fsp3) is 0.222. The summed E-state index contributed by atoms with van der Waals surface area (Å²) in [6.45, 7) is 1.86. The first-order chi connectivity index (χ1) is 6.19. The molecule has 1 rings (SSSR count). The molecule has 0 spiro atoms. The van der Waals surface area contributed by atoms with Crippen molar-refractivity contribution in [3.8, 4) is 0 Å². The molecule has 0 aliphatic rings. The molecule has 0 amide bonds. The zero-order chi connectivity index (χ0) is 9.84. The molecular formula is C9H12N2O2. The number of hydrogen-bond acceptors (Lipinski definition) is 4. The number of anilines is 1. The van der Waals surface area contributed by atoms with E-state index in [0.29, 0.717) is 5.56 Å². The number of aryl methyl sites for hydroxylation is 1. The fourth-order valence-electron chi connectivity index (χ4n) is 1.07. The SMILES string of the molecule is COC(=O)c1ccc(NN)c(C)c1. The minimum atomic E-state index is -0.341. The summed E-state index contributed by atoms with van der Waals surface area (Å²) in [6, 6.07) is 5.12. The Bertz CT molecular complexity index is 323. The van der Waals surface area contributed by atoms with Crippen molar-refractivity contribution in [3.05, 3.63) is 29.3 Å². The van der Waals surface area contributed by atoms with Gasteiger partial charge >= 0.3 is 5.97 Å². The molecule has 0 bridgehead atoms. The van der Waals surface area contributed by atoms with Gasteiger partial charge in [-0.25, -0.2) is 4.79 Å². The standard InChI is InChI=1S/C9H12N2O2/c1-6-5-7(9(12)13-2)3-4-8(6)11-10/h3-5,11H,10H2,1-2H3. The van der Waals surface area contributed by atoms with Crippen molar-refractivity contribution < 1.29 is 9.53 Å². The monoisotopic (exact) mass is 180 g/mol. The van der Waals surface area contributed by atoms with Crippen molar-refractivity contribution in [1.29, 1.82) is 0 Å². The van der Waals surface area contributed by atoms with Crippen LogP contribution in [0.15, 0.2) is 18.2 Å². The zero-order valence-electron chi connectivity index (χ0n) is 7.63. The van der Waals surface area contributed by atoms with Gasteiger partial charge in [-0.05, 0) is 30.7 Å². The molecule has 0 saturated heterocycles. The number of ether oxygens (including phenoxy) is 1. The van der Waals surface area contributed by atoms with Crippen molar-refractivity contribution in [2.24, 2.45) is 5.84 Å². The van der Waals surface area contributed by atoms with Crippen LogP contribution in [0.25, 0.3) is 0 Å². The van der Waals surface area contributed by atoms with Crippen LogP contribution in [0.4, 0.5) is 5.69 Å². The Morgan fingerprint density at radius 3 is 2.69 bits per heavy atom. The third-order valence-corrected chi connectivity index (χ3v) is 1.80. The van der Waals surface area contributed by atoms with Gasteiger partial charge in [0.15, 0.2) is 0 Å². The Balaban J connectivity index is 3.02. The number of benzene rings is 1. The van der Waals surface area contributed by atoms with Gasteiger partial charge in [-0.1, -0.05) is 0 Å². The number of methoxy groups -OCH3 is 1. The van der Waals surface area contributed by atoms with Gasteiger partial charge in [-0.2, -0.15) is 0 Å². The molecule has 0 atom stereocenters. The molecule has 0 heterocycles. The summed E-state index contributed by atoms with van der Waals surface area (Å²) >= 11 is 0. The number of nitrogens with two attached hydrogens (primary N) is 1. The third kappa shape index (κ3) is 1.97. The maximum atomic E-state index is 11.1. The highest BCUT2D eigenvalue weighted by molar-refractivity contribution is 5.90. The number of rotatable bonds is 2. The lowest BCUT2D eigenvalue weighted by molar-refractivity contribution is 0.0600. The Hall–Kier alpha value is -1.55. The van der Waals surface area contributed by atoms with Crippen molar-refractivity contribution >= 4 is 11.7 Å². The molecular weight excluding hydrogens is 168 g/mol. The number of hydrogen-bond donors (Lipinski definition) is 2. The summed E-state index contributed by atoms with van der Waals surface area (Å²) in [5.74, 6) is 4.90. The highest BCUT2D eigenvalue weighted by Crippen LogP contribution is 2.15. The first kappa shape index (κ1) is 9.54. The first-order valence-electron chi connectivity index (χ1n) is 3.84. The molecule has 0 fully saturated rings. The van der Waals surface area contributed by atoms with E-state index in [1.807, 2.05) is 6.92 Å². The summed E-state index contributed by atoms with van der Waals surface area (Å²) in [5, 5.41) is 0. The maximum absolute atomic E-state index is 11.1. The van der Waals surface area contributed by atoms with Crippen LogP contribution in [0.1, 0.15) is 15.9 Å². The summed E-state index contributed by atoms with van der Waals surface area (Å²) in [7, 11) is 1.35. The minimum Gasteiger partial charge on any atom is -0.465 e.